The van der Waals surface area contributed by atoms with Gasteiger partial charge in [0.15, 0.2) is 17.3 Å². The number of hydrogen-bond donors (Lipinski definition) is 0. The zero-order chi connectivity index (χ0) is 43.7. The van der Waals surface area contributed by atoms with Gasteiger partial charge in [0.05, 0.1) is 13.7 Å². The van der Waals surface area contributed by atoms with E-state index in [0.29, 0.717) is 10.5 Å². The van der Waals surface area contributed by atoms with Crippen LogP contribution in [0.2, 0.25) is 0 Å². The molecule has 0 aliphatic rings. The molecule has 0 saturated heterocycles. The highest BCUT2D eigenvalue weighted by atomic mass is 127. The Morgan fingerprint density at radius 3 is 1.52 bits per heavy atom. The maximum atomic E-state index is 14.0. The summed E-state index contributed by atoms with van der Waals surface area (Å²) in [5.74, 6) is 0.0399. The Hall–Kier alpha value is -4.18. The Balaban J connectivity index is 0.00000176. The monoisotopic (exact) mass is 931 g/mol. The number of rotatable bonds is 5. The maximum absolute atomic E-state index is 14.0. The summed E-state index contributed by atoms with van der Waals surface area (Å²) >= 11 is -0.636. The molecule has 15 nitrogen and oxygen atoms in total. The van der Waals surface area contributed by atoms with Crippen LogP contribution >= 0.6 is 0 Å². The van der Waals surface area contributed by atoms with Gasteiger partial charge in [0, 0.05) is 0 Å². The molecule has 0 atom stereocenters. The Morgan fingerprint density at radius 1 is 0.696 bits per heavy atom. The molecular weight excluding hydrogens is 882 g/mol. The summed E-state index contributed by atoms with van der Waals surface area (Å²) in [6.07, 6.45) is -4.61. The first kappa shape index (κ1) is 49.8. The molecule has 0 aliphatic heterocycles. The highest BCUT2D eigenvalue weighted by Crippen LogP contribution is 2.22. The number of halogens is 4. The number of hydrogen-bond acceptors (Lipinski definition) is 12. The van der Waals surface area contributed by atoms with Crippen LogP contribution in [-0.4, -0.2) is 88.1 Å². The SMILES string of the molecule is COc1ccc([I+]c2cccc(CN(C(=O)OC(C)(C)C)C(=NC(=O)OC(C)(C)C)N(C(=O)OC(C)(C)C)C(=O)OC(C)(C)C)c2)cc1.O=S(=O)([O-])C(F)(F)F. The summed E-state index contributed by atoms with van der Waals surface area (Å²) in [4.78, 5) is 60.1. The summed E-state index contributed by atoms with van der Waals surface area (Å²) in [5.41, 5.74) is -9.19. The normalized spacial score (nSPS) is 12.7. The average Bonchev–Trinajstić information content (AvgIpc) is 2.96. The highest BCUT2D eigenvalue weighted by molar-refractivity contribution is 7.86. The molecule has 314 valence electrons. The van der Waals surface area contributed by atoms with Gasteiger partial charge < -0.3 is 28.2 Å². The van der Waals surface area contributed by atoms with Crippen LogP contribution in [0.4, 0.5) is 32.3 Å². The quantitative estimate of drug-likeness (QED) is 0.0968. The van der Waals surface area contributed by atoms with Crippen molar-refractivity contribution < 1.29 is 90.2 Å². The number of alkyl halides is 3. The lowest BCUT2D eigenvalue weighted by Gasteiger charge is -2.33. The number of carbonyl (C=O) groups excluding carboxylic acids is 4. The molecule has 2 aromatic rings. The second kappa shape index (κ2) is 19.3. The summed E-state index contributed by atoms with van der Waals surface area (Å²) in [5, 5.41) is 0. The van der Waals surface area contributed by atoms with Gasteiger partial charge in [0.2, 0.25) is 5.96 Å². The molecule has 0 unspecified atom stereocenters. The zero-order valence-corrected chi connectivity index (χ0v) is 36.5. The number of carbonyl (C=O) groups is 4. The summed E-state index contributed by atoms with van der Waals surface area (Å²) < 4.78 is 88.6. The molecule has 0 radical (unpaired) electrons. The highest BCUT2D eigenvalue weighted by Gasteiger charge is 2.42. The number of methoxy groups -OCH3 is 1. The van der Waals surface area contributed by atoms with Crippen molar-refractivity contribution in [1.29, 1.82) is 0 Å². The molecule has 0 aliphatic carbocycles. The second-order valence-corrected chi connectivity index (χ2v) is 19.9. The van der Waals surface area contributed by atoms with Crippen LogP contribution in [-0.2, 0) is 35.6 Å². The van der Waals surface area contributed by atoms with Gasteiger partial charge in [0.1, 0.15) is 28.2 Å². The fourth-order valence-electron chi connectivity index (χ4n) is 3.62. The van der Waals surface area contributed by atoms with Crippen LogP contribution in [0, 0.1) is 7.14 Å². The van der Waals surface area contributed by atoms with E-state index in [2.05, 4.69) is 4.99 Å². The van der Waals surface area contributed by atoms with E-state index < -0.39 is 89.6 Å². The molecule has 0 N–H and O–H groups in total. The minimum Gasteiger partial charge on any atom is -0.741 e. The van der Waals surface area contributed by atoms with E-state index in [1.165, 1.54) is 0 Å². The smallest absolute Gasteiger partial charge is 0.485 e. The number of amides is 4. The minimum atomic E-state index is -6.09. The summed E-state index contributed by atoms with van der Waals surface area (Å²) in [6.45, 7) is 19.2. The third kappa shape index (κ3) is 19.1. The minimum absolute atomic E-state index is 0.251. The molecule has 0 bridgehead atoms. The van der Waals surface area contributed by atoms with Gasteiger partial charge in [-0.15, -0.1) is 9.89 Å². The van der Waals surface area contributed by atoms with E-state index in [9.17, 15) is 32.3 Å². The number of nitrogens with zero attached hydrogens (tertiary/aromatic N) is 3. The predicted octanol–water partition coefficient (Wildman–Crippen LogP) is 5.08. The molecule has 56 heavy (non-hydrogen) atoms. The molecule has 0 spiro atoms. The second-order valence-electron chi connectivity index (χ2n) is 15.5. The van der Waals surface area contributed by atoms with Crippen LogP contribution in [0.3, 0.4) is 0 Å². The number of aliphatic imine (C=N–C) groups is 1. The van der Waals surface area contributed by atoms with Crippen molar-refractivity contribution in [3.63, 3.8) is 0 Å². The van der Waals surface area contributed by atoms with Crippen molar-refractivity contribution in [2.24, 2.45) is 4.99 Å². The molecular formula is C36H49F3IN3O12S. The first-order chi connectivity index (χ1) is 25.1. The molecule has 4 amide bonds. The Bertz CT molecular complexity index is 1800. The van der Waals surface area contributed by atoms with E-state index in [1.807, 2.05) is 42.5 Å². The van der Waals surface area contributed by atoms with Crippen molar-refractivity contribution in [3.8, 4) is 5.75 Å². The van der Waals surface area contributed by atoms with Gasteiger partial charge in [0.25, 0.3) is 0 Å². The number of ether oxygens (including phenoxy) is 5. The number of imide groups is 1. The molecule has 0 saturated carbocycles. The molecule has 0 aromatic heterocycles. The van der Waals surface area contributed by atoms with Crippen molar-refractivity contribution in [1.82, 2.24) is 9.80 Å². The molecule has 2 rings (SSSR count). The van der Waals surface area contributed by atoms with E-state index in [-0.39, 0.29) is 6.54 Å². The Labute approximate surface area is 335 Å². The third-order valence-electron chi connectivity index (χ3n) is 5.57. The maximum Gasteiger partial charge on any atom is 0.485 e. The van der Waals surface area contributed by atoms with Gasteiger partial charge in [-0.1, -0.05) is 12.1 Å². The largest absolute Gasteiger partial charge is 0.741 e. The van der Waals surface area contributed by atoms with Gasteiger partial charge >= 0.3 is 51.1 Å². The lowest BCUT2D eigenvalue weighted by molar-refractivity contribution is -0.597. The summed E-state index contributed by atoms with van der Waals surface area (Å²) in [7, 11) is -4.48. The van der Waals surface area contributed by atoms with Crippen LogP contribution in [0.5, 0.6) is 5.75 Å². The van der Waals surface area contributed by atoms with Crippen molar-refractivity contribution in [2.75, 3.05) is 7.11 Å². The Kier molecular flexibility index (Phi) is 17.2. The first-order valence-corrected chi connectivity index (χ1v) is 20.2. The zero-order valence-electron chi connectivity index (χ0n) is 33.5. The number of guanidine groups is 1. The lowest BCUT2D eigenvalue weighted by atomic mass is 10.2. The molecule has 0 fully saturated rings. The average molecular weight is 932 g/mol. The topological polar surface area (TPSA) is 190 Å². The van der Waals surface area contributed by atoms with Crippen LogP contribution in [0.15, 0.2) is 53.5 Å². The van der Waals surface area contributed by atoms with Crippen LogP contribution < -0.4 is 25.9 Å². The fourth-order valence-corrected chi connectivity index (χ4v) is 6.00. The van der Waals surface area contributed by atoms with Crippen molar-refractivity contribution in [3.05, 3.63) is 61.2 Å². The van der Waals surface area contributed by atoms with E-state index in [4.69, 9.17) is 36.7 Å². The third-order valence-corrected chi connectivity index (χ3v) is 8.78. The van der Waals surface area contributed by atoms with E-state index in [0.717, 1.165) is 17.8 Å². The first-order valence-electron chi connectivity index (χ1n) is 16.6. The van der Waals surface area contributed by atoms with Gasteiger partial charge in [-0.05, 0) is 125 Å². The Morgan fingerprint density at radius 2 is 1.12 bits per heavy atom. The molecule has 20 heteroatoms. The summed E-state index contributed by atoms with van der Waals surface area (Å²) in [6, 6.07) is 15.3. The fraction of sp³-hybridized carbons (Fsp3) is 0.528. The molecule has 0 heterocycles. The van der Waals surface area contributed by atoms with Gasteiger partial charge in [-0.3, -0.25) is 0 Å². The van der Waals surface area contributed by atoms with Crippen molar-refractivity contribution >= 4 is 40.5 Å². The van der Waals surface area contributed by atoms with Gasteiger partial charge in [-0.25, -0.2) is 32.5 Å². The van der Waals surface area contributed by atoms with Crippen LogP contribution in [0.1, 0.15) is 88.6 Å². The van der Waals surface area contributed by atoms with Crippen molar-refractivity contribution in [2.45, 2.75) is 118 Å². The van der Waals surface area contributed by atoms with Crippen LogP contribution in [0.25, 0.3) is 0 Å². The van der Waals surface area contributed by atoms with Gasteiger partial charge in [-0.2, -0.15) is 13.2 Å². The lowest BCUT2D eigenvalue weighted by Crippen LogP contribution is -3.61. The number of benzene rings is 2. The van der Waals surface area contributed by atoms with E-state index in [1.54, 1.807) is 96.3 Å². The molecule has 2 aromatic carbocycles. The standard InChI is InChI=1S/C35H49IN3O9.CHF3O3S/c1-32(2,3)45-28(40)37-27(39(30(42)47-34(7,8)9)31(43)48-35(10,11)12)38(29(41)46-33(4,5)6)22-23-15-14-16-25(21-23)36-24-17-19-26(44-13)20-18-24;2-1(3,4)8(5,6)7/h14-21H,22H2,1-13H3;(H,5,6,7)/q+1;/p-1. The van der Waals surface area contributed by atoms with E-state index >= 15 is 0 Å². The predicted molar refractivity (Wildman–Crippen MR) is 192 cm³/mol.